The van der Waals surface area contributed by atoms with Crippen molar-refractivity contribution in [3.63, 3.8) is 0 Å². The second-order valence-corrected chi connectivity index (χ2v) is 11.2. The Labute approximate surface area is 234 Å². The molecule has 4 aromatic rings. The summed E-state index contributed by atoms with van der Waals surface area (Å²) in [4.78, 5) is 45.4. The van der Waals surface area contributed by atoms with Crippen molar-refractivity contribution in [1.82, 2.24) is 4.98 Å². The molecule has 1 fully saturated rings. The normalized spacial score (nSPS) is 19.6. The smallest absolute Gasteiger partial charge is 0.337 e. The number of thiazole rings is 1. The van der Waals surface area contributed by atoms with E-state index in [0.29, 0.717) is 28.2 Å². The van der Waals surface area contributed by atoms with Gasteiger partial charge in [0, 0.05) is 12.0 Å². The van der Waals surface area contributed by atoms with Crippen LogP contribution >= 0.6 is 11.3 Å². The van der Waals surface area contributed by atoms with Gasteiger partial charge in [0.15, 0.2) is 5.13 Å². The number of benzene rings is 3. The molecule has 0 saturated carbocycles. The first-order chi connectivity index (χ1) is 19.2. The number of amides is 1. The molecule has 0 aliphatic carbocycles. The van der Waals surface area contributed by atoms with Crippen LogP contribution in [0.5, 0.6) is 5.75 Å². The summed E-state index contributed by atoms with van der Waals surface area (Å²) in [6.45, 7) is 5.90. The maximum absolute atomic E-state index is 13.6. The molecule has 1 N–H and O–H groups in total. The van der Waals surface area contributed by atoms with Crippen LogP contribution in [-0.4, -0.2) is 41.0 Å². The number of aliphatic hydroxyl groups is 1. The molecule has 9 heteroatoms. The van der Waals surface area contributed by atoms with Crippen LogP contribution in [0.15, 0.2) is 60.2 Å². The van der Waals surface area contributed by atoms with E-state index in [1.54, 1.807) is 42.5 Å². The fourth-order valence-electron chi connectivity index (χ4n) is 5.45. The molecule has 1 aromatic heterocycles. The highest BCUT2D eigenvalue weighted by Crippen LogP contribution is 2.45. The van der Waals surface area contributed by atoms with Crippen LogP contribution in [0.25, 0.3) is 16.0 Å². The number of carbonyl (C=O) groups excluding carboxylic acids is 3. The molecular weight excluding hydrogens is 528 g/mol. The molecule has 202 valence electrons. The zero-order chi connectivity index (χ0) is 28.3. The number of fused-ring (bicyclic) bond motifs is 2. The highest BCUT2D eigenvalue weighted by atomic mass is 32.1. The minimum Gasteiger partial charge on any atom is -0.507 e. The molecule has 3 heterocycles. The second kappa shape index (κ2) is 9.60. The quantitative estimate of drug-likeness (QED) is 0.150. The average molecular weight is 555 g/mol. The molecule has 1 saturated heterocycles. The van der Waals surface area contributed by atoms with E-state index in [9.17, 15) is 19.5 Å². The first kappa shape index (κ1) is 25.8. The number of aromatic nitrogens is 1. The zero-order valence-electron chi connectivity index (χ0n) is 22.3. The summed E-state index contributed by atoms with van der Waals surface area (Å²) < 4.78 is 11.5. The van der Waals surface area contributed by atoms with Gasteiger partial charge in [-0.1, -0.05) is 29.5 Å². The molecule has 0 spiro atoms. The Morgan fingerprint density at radius 2 is 1.80 bits per heavy atom. The highest BCUT2D eigenvalue weighted by Gasteiger charge is 2.48. The van der Waals surface area contributed by atoms with Gasteiger partial charge in [-0.25, -0.2) is 9.78 Å². The summed E-state index contributed by atoms with van der Waals surface area (Å²) in [6.07, 6.45) is 0.686. The predicted molar refractivity (Wildman–Crippen MR) is 152 cm³/mol. The number of aryl methyl sites for hydroxylation is 2. The van der Waals surface area contributed by atoms with Crippen molar-refractivity contribution in [2.24, 2.45) is 0 Å². The lowest BCUT2D eigenvalue weighted by molar-refractivity contribution is -0.132. The van der Waals surface area contributed by atoms with Gasteiger partial charge >= 0.3 is 11.9 Å². The minimum atomic E-state index is -0.961. The first-order valence-electron chi connectivity index (χ1n) is 12.8. The largest absolute Gasteiger partial charge is 0.507 e. The molecule has 0 bridgehead atoms. The molecule has 8 nitrogen and oxygen atoms in total. The van der Waals surface area contributed by atoms with Crippen molar-refractivity contribution in [3.05, 3.63) is 93.6 Å². The Bertz CT molecular complexity index is 1750. The van der Waals surface area contributed by atoms with Crippen molar-refractivity contribution < 1.29 is 29.0 Å². The fourth-order valence-corrected chi connectivity index (χ4v) is 6.62. The Kier molecular flexibility index (Phi) is 6.18. The number of methoxy groups -OCH3 is 1. The van der Waals surface area contributed by atoms with Crippen LogP contribution in [-0.2, 0) is 20.7 Å². The van der Waals surface area contributed by atoms with Gasteiger partial charge in [0.25, 0.3) is 5.78 Å². The summed E-state index contributed by atoms with van der Waals surface area (Å²) >= 11 is 1.31. The Balaban J connectivity index is 1.53. The van der Waals surface area contributed by atoms with E-state index in [1.807, 2.05) is 32.9 Å². The fraction of sp³-hybridized carbons (Fsp3) is 0.226. The van der Waals surface area contributed by atoms with Gasteiger partial charge in [0.2, 0.25) is 0 Å². The molecule has 2 atom stereocenters. The maximum atomic E-state index is 13.6. The van der Waals surface area contributed by atoms with Crippen LogP contribution in [0.1, 0.15) is 51.1 Å². The molecule has 2 unspecified atom stereocenters. The maximum Gasteiger partial charge on any atom is 0.337 e. The number of ketones is 1. The van der Waals surface area contributed by atoms with E-state index in [4.69, 9.17) is 14.5 Å². The van der Waals surface area contributed by atoms with Gasteiger partial charge in [-0.15, -0.1) is 0 Å². The topological polar surface area (TPSA) is 106 Å². The van der Waals surface area contributed by atoms with Gasteiger partial charge in [-0.2, -0.15) is 0 Å². The highest BCUT2D eigenvalue weighted by molar-refractivity contribution is 7.22. The Morgan fingerprint density at radius 3 is 2.52 bits per heavy atom. The van der Waals surface area contributed by atoms with Gasteiger partial charge in [0.1, 0.15) is 17.6 Å². The Hall–Kier alpha value is -4.50. The number of hydrogen-bond acceptors (Lipinski definition) is 8. The number of esters is 1. The van der Waals surface area contributed by atoms with E-state index >= 15 is 0 Å². The van der Waals surface area contributed by atoms with Crippen LogP contribution in [0.4, 0.5) is 5.13 Å². The molecule has 0 radical (unpaired) electrons. The summed E-state index contributed by atoms with van der Waals surface area (Å²) in [7, 11) is 1.30. The number of nitrogens with zero attached hydrogens (tertiary/aromatic N) is 2. The standard InChI is InChI=1S/C31H26N2O6S/c1-15-11-16(2)25-23(12-15)40-31(32-25)33-26(18-5-7-19(8-6-18)30(37)38-4)24(28(35)29(33)36)27(34)20-9-10-22-21(14-20)13-17(3)39-22/h5-12,14,17,26,34H,13H2,1-4H3. The van der Waals surface area contributed by atoms with Crippen molar-refractivity contribution in [3.8, 4) is 5.75 Å². The van der Waals surface area contributed by atoms with Crippen LogP contribution < -0.4 is 9.64 Å². The van der Waals surface area contributed by atoms with Crippen LogP contribution in [0.3, 0.4) is 0 Å². The van der Waals surface area contributed by atoms with Gasteiger partial charge in [-0.3, -0.25) is 14.5 Å². The second-order valence-electron chi connectivity index (χ2n) is 10.2. The number of ether oxygens (including phenoxy) is 2. The van der Waals surface area contributed by atoms with Gasteiger partial charge in [-0.05, 0) is 79.4 Å². The minimum absolute atomic E-state index is 0.0115. The van der Waals surface area contributed by atoms with Crippen molar-refractivity contribution in [2.75, 3.05) is 12.0 Å². The van der Waals surface area contributed by atoms with Crippen molar-refractivity contribution in [1.29, 1.82) is 0 Å². The van der Waals surface area contributed by atoms with Crippen LogP contribution in [0.2, 0.25) is 0 Å². The number of rotatable bonds is 4. The monoisotopic (exact) mass is 554 g/mol. The third-order valence-corrected chi connectivity index (χ3v) is 8.29. The van der Waals surface area contributed by atoms with E-state index in [-0.39, 0.29) is 17.4 Å². The lowest BCUT2D eigenvalue weighted by atomic mass is 9.94. The van der Waals surface area contributed by atoms with E-state index < -0.39 is 23.7 Å². The number of carbonyl (C=O) groups is 3. The van der Waals surface area contributed by atoms with E-state index in [0.717, 1.165) is 32.7 Å². The number of aliphatic hydroxyl groups excluding tert-OH is 1. The molecule has 6 rings (SSSR count). The van der Waals surface area contributed by atoms with Crippen molar-refractivity contribution >= 4 is 50.1 Å². The van der Waals surface area contributed by atoms with Crippen molar-refractivity contribution in [2.45, 2.75) is 39.3 Å². The summed E-state index contributed by atoms with van der Waals surface area (Å²) in [6, 6.07) is 14.7. The van der Waals surface area contributed by atoms with Gasteiger partial charge < -0.3 is 14.6 Å². The van der Waals surface area contributed by atoms with E-state index in [2.05, 4.69) is 0 Å². The molecule has 3 aromatic carbocycles. The molecule has 2 aliphatic heterocycles. The third kappa shape index (κ3) is 4.14. The molecular formula is C31H26N2O6S. The van der Waals surface area contributed by atoms with E-state index in [1.165, 1.54) is 23.3 Å². The SMILES string of the molecule is COC(=O)c1ccc(C2C(=C(O)c3ccc4c(c3)CC(C)O4)C(=O)C(=O)N2c2nc3c(C)cc(C)cc3s2)cc1. The predicted octanol–water partition coefficient (Wildman–Crippen LogP) is 5.65. The molecule has 40 heavy (non-hydrogen) atoms. The summed E-state index contributed by atoms with van der Waals surface area (Å²) in [5, 5.41) is 11.9. The summed E-state index contributed by atoms with van der Waals surface area (Å²) in [5.74, 6) is -1.64. The average Bonchev–Trinajstić information content (AvgIpc) is 3.60. The van der Waals surface area contributed by atoms with Gasteiger partial charge in [0.05, 0.1) is 34.5 Å². The van der Waals surface area contributed by atoms with Crippen LogP contribution in [0, 0.1) is 13.8 Å². The summed E-state index contributed by atoms with van der Waals surface area (Å²) in [5.41, 5.74) is 4.92. The zero-order valence-corrected chi connectivity index (χ0v) is 23.2. The third-order valence-electron chi connectivity index (χ3n) is 7.29. The molecule has 1 amide bonds. The number of Topliss-reactive ketones (excluding diaryl/α,β-unsaturated/α-hetero) is 1. The lowest BCUT2D eigenvalue weighted by Gasteiger charge is -2.23. The Morgan fingerprint density at radius 1 is 1.07 bits per heavy atom. The lowest BCUT2D eigenvalue weighted by Crippen LogP contribution is -2.29. The number of anilines is 1. The first-order valence-corrected chi connectivity index (χ1v) is 13.6. The molecule has 2 aliphatic rings. The number of hydrogen-bond donors (Lipinski definition) is 1.